The van der Waals surface area contributed by atoms with E-state index >= 15 is 0 Å². The molecule has 58 heavy (non-hydrogen) atoms. The number of carbonyl (C=O) groups excluding carboxylic acids is 2. The van der Waals surface area contributed by atoms with Gasteiger partial charge in [0.1, 0.15) is 33.8 Å². The fourth-order valence-electron chi connectivity index (χ4n) is 5.97. The molecule has 0 saturated heterocycles. The number of nitrogens with one attached hydrogen (secondary N) is 7. The van der Waals surface area contributed by atoms with Crippen LogP contribution in [-0.2, 0) is 9.59 Å². The second kappa shape index (κ2) is 14.8. The molecule has 2 aliphatic rings. The summed E-state index contributed by atoms with van der Waals surface area (Å²) in [6.07, 6.45) is 5.32. The first kappa shape index (κ1) is 37.8. The van der Waals surface area contributed by atoms with Gasteiger partial charge in [0.25, 0.3) is 11.8 Å². The Morgan fingerprint density at radius 2 is 1.31 bits per heavy atom. The molecule has 7 heterocycles. The van der Waals surface area contributed by atoms with Gasteiger partial charge in [-0.2, -0.15) is 20.1 Å². The van der Waals surface area contributed by atoms with Gasteiger partial charge in [-0.05, 0) is 106 Å². The molecular weight excluding hydrogens is 785 g/mol. The lowest BCUT2D eigenvalue weighted by molar-refractivity contribution is -0.130. The summed E-state index contributed by atoms with van der Waals surface area (Å²) >= 11 is 11.3. The average molecular weight is 821 g/mol. The van der Waals surface area contributed by atoms with Crippen molar-refractivity contribution in [1.82, 2.24) is 40.1 Å². The minimum absolute atomic E-state index is 0.157. The van der Waals surface area contributed by atoms with Gasteiger partial charge < -0.3 is 46.4 Å². The van der Waals surface area contributed by atoms with Crippen LogP contribution in [0.5, 0.6) is 11.5 Å². The third kappa shape index (κ3) is 7.80. The smallest absolute Gasteiger partial charge is 0.268 e. The first-order chi connectivity index (χ1) is 27.7. The third-order valence-corrected chi connectivity index (χ3v) is 9.48. The number of anilines is 7. The number of ether oxygens (including phenoxy) is 2. The van der Waals surface area contributed by atoms with Crippen LogP contribution in [0.15, 0.2) is 85.3 Å². The number of benzene rings is 3. The van der Waals surface area contributed by atoms with Crippen LogP contribution in [0.4, 0.5) is 40.2 Å². The van der Waals surface area contributed by atoms with E-state index in [0.29, 0.717) is 56.8 Å². The van der Waals surface area contributed by atoms with Crippen molar-refractivity contribution in [2.45, 2.75) is 38.9 Å². The van der Waals surface area contributed by atoms with E-state index in [1.54, 1.807) is 64.4 Å². The zero-order valence-electron chi connectivity index (χ0n) is 31.3. The first-order valence-electron chi connectivity index (χ1n) is 17.7. The number of nitrogens with two attached hydrogens (primary N) is 1. The van der Waals surface area contributed by atoms with E-state index in [4.69, 9.17) is 38.4 Å². The van der Waals surface area contributed by atoms with Crippen LogP contribution in [0.25, 0.3) is 33.0 Å². The topological polar surface area (TPSA) is 239 Å². The summed E-state index contributed by atoms with van der Waals surface area (Å²) in [4.78, 5) is 46.8. The van der Waals surface area contributed by atoms with Crippen molar-refractivity contribution in [2.75, 3.05) is 27.0 Å². The number of H-pyrrole nitrogens is 3. The summed E-state index contributed by atoms with van der Waals surface area (Å²) in [5.74, 6) is 1.98. The molecule has 0 radical (unpaired) electrons. The summed E-state index contributed by atoms with van der Waals surface area (Å²) in [5.41, 5.74) is 9.56. The van der Waals surface area contributed by atoms with E-state index in [9.17, 15) is 9.59 Å². The van der Waals surface area contributed by atoms with Crippen molar-refractivity contribution < 1.29 is 19.1 Å². The number of carbonyl (C=O) groups is 2. The SMILES string of the molecule is CC1(C)Oc2ccc(N)cc2NC1=O.CC1(C)Oc2ccc(Nc3nc(Nc4ccc5cn[nH]c5c4)nc4[nH]ccc34)cc2NC1=O.Clc1nc(Cl)c2cc[nH]c2n1. The van der Waals surface area contributed by atoms with Crippen LogP contribution in [0.3, 0.4) is 0 Å². The maximum atomic E-state index is 12.3. The molecule has 9 N–H and O–H groups in total. The molecule has 0 atom stereocenters. The number of fused-ring (bicyclic) bond motifs is 5. The third-order valence-electron chi connectivity index (χ3n) is 9.02. The largest absolute Gasteiger partial charge is 0.476 e. The van der Waals surface area contributed by atoms with Gasteiger partial charge in [0.2, 0.25) is 11.2 Å². The van der Waals surface area contributed by atoms with Crippen molar-refractivity contribution in [2.24, 2.45) is 0 Å². The van der Waals surface area contributed by atoms with Crippen LogP contribution in [0, 0.1) is 0 Å². The lowest BCUT2D eigenvalue weighted by Gasteiger charge is -2.31. The molecule has 8 aromatic rings. The predicted octanol–water partition coefficient (Wildman–Crippen LogP) is 8.07. The molecule has 17 nitrogen and oxygen atoms in total. The van der Waals surface area contributed by atoms with Gasteiger partial charge in [0.15, 0.2) is 11.2 Å². The Morgan fingerprint density at radius 3 is 2.03 bits per heavy atom. The Hall–Kier alpha value is -7.11. The van der Waals surface area contributed by atoms with Gasteiger partial charge >= 0.3 is 0 Å². The van der Waals surface area contributed by atoms with Crippen LogP contribution in [0.1, 0.15) is 27.7 Å². The van der Waals surface area contributed by atoms with Gasteiger partial charge in [0.05, 0.1) is 33.9 Å². The van der Waals surface area contributed by atoms with Crippen LogP contribution in [0.2, 0.25) is 10.4 Å². The molecular formula is C39H35Cl2N13O4. The number of hydrogen-bond acceptors (Lipinski definition) is 12. The van der Waals surface area contributed by atoms with E-state index in [0.717, 1.165) is 33.1 Å². The predicted molar refractivity (Wildman–Crippen MR) is 224 cm³/mol. The summed E-state index contributed by atoms with van der Waals surface area (Å²) in [6.45, 7) is 6.92. The molecule has 0 aliphatic carbocycles. The quantitative estimate of drug-likeness (QED) is 0.0478. The molecule has 19 heteroatoms. The highest BCUT2D eigenvalue weighted by molar-refractivity contribution is 6.35. The number of nitrogen functional groups attached to an aromatic ring is 1. The number of aromatic amines is 3. The number of rotatable bonds is 4. The van der Waals surface area contributed by atoms with E-state index in [2.05, 4.69) is 61.4 Å². The molecule has 0 fully saturated rings. The fraction of sp³-hybridized carbons (Fsp3) is 0.154. The van der Waals surface area contributed by atoms with E-state index in [-0.39, 0.29) is 17.1 Å². The van der Waals surface area contributed by atoms with Gasteiger partial charge in [-0.25, -0.2) is 4.98 Å². The number of amides is 2. The Labute approximate surface area is 339 Å². The molecule has 0 unspecified atom stereocenters. The van der Waals surface area contributed by atoms with E-state index < -0.39 is 11.2 Å². The van der Waals surface area contributed by atoms with Crippen molar-refractivity contribution in [3.05, 3.63) is 95.8 Å². The maximum absolute atomic E-state index is 12.3. The molecule has 2 aliphatic heterocycles. The van der Waals surface area contributed by atoms with Crippen molar-refractivity contribution in [1.29, 1.82) is 0 Å². The van der Waals surface area contributed by atoms with Gasteiger partial charge in [-0.1, -0.05) is 11.6 Å². The second-order valence-corrected chi connectivity index (χ2v) is 14.9. The molecule has 0 spiro atoms. The van der Waals surface area contributed by atoms with Gasteiger partial charge in [-0.15, -0.1) is 0 Å². The maximum Gasteiger partial charge on any atom is 0.268 e. The van der Waals surface area contributed by atoms with Crippen LogP contribution >= 0.6 is 23.2 Å². The lowest BCUT2D eigenvalue weighted by Crippen LogP contribution is -2.45. The Morgan fingerprint density at radius 1 is 0.690 bits per heavy atom. The summed E-state index contributed by atoms with van der Waals surface area (Å²) in [7, 11) is 0. The Kier molecular flexibility index (Phi) is 9.62. The monoisotopic (exact) mass is 819 g/mol. The summed E-state index contributed by atoms with van der Waals surface area (Å²) in [5, 5.41) is 22.4. The van der Waals surface area contributed by atoms with E-state index in [1.807, 2.05) is 48.7 Å². The highest BCUT2D eigenvalue weighted by Gasteiger charge is 2.36. The standard InChI is InChI=1S/C23H20N8O2.C10H12N2O2.C6H3Cl2N3/c1-23(2)21(32)28-17-10-13(5-6-18(17)33-23)26-20-15-7-8-24-19(15)29-22(30-20)27-14-4-3-12-11-25-31-16(12)9-14;1-10(2)9(13)12-7-5-6(11)3-4-8(7)14-10;7-4-3-1-2-9-5(3)11-6(8)10-4/h3-11H,1-2H3,(H,25,31)(H,28,32)(H3,24,26,27,29,30);3-5H,11H2,1-2H3,(H,12,13);1-2H,(H,9,10,11). The molecule has 10 rings (SSSR count). The molecule has 294 valence electrons. The molecule has 2 amide bonds. The molecule has 3 aromatic carbocycles. The molecule has 0 bridgehead atoms. The van der Waals surface area contributed by atoms with Crippen LogP contribution < -0.4 is 36.5 Å². The minimum Gasteiger partial charge on any atom is -0.476 e. The molecule has 5 aromatic heterocycles. The average Bonchev–Trinajstić information content (AvgIpc) is 3.95. The zero-order valence-corrected chi connectivity index (χ0v) is 32.8. The van der Waals surface area contributed by atoms with Crippen molar-refractivity contribution >= 4 is 108 Å². The normalized spacial score (nSPS) is 14.7. The highest BCUT2D eigenvalue weighted by atomic mass is 35.5. The number of hydrogen-bond donors (Lipinski definition) is 8. The number of halogens is 2. The Balaban J connectivity index is 0.000000153. The minimum atomic E-state index is -0.911. The first-order valence-corrected chi connectivity index (χ1v) is 18.5. The second-order valence-electron chi connectivity index (χ2n) is 14.2. The molecule has 0 saturated carbocycles. The lowest BCUT2D eigenvalue weighted by atomic mass is 10.1. The summed E-state index contributed by atoms with van der Waals surface area (Å²) < 4.78 is 11.3. The fourth-order valence-corrected chi connectivity index (χ4v) is 6.41. The van der Waals surface area contributed by atoms with E-state index in [1.165, 1.54) is 0 Å². The van der Waals surface area contributed by atoms with Gasteiger partial charge in [-0.3, -0.25) is 14.7 Å². The number of aromatic nitrogens is 8. The summed E-state index contributed by atoms with van der Waals surface area (Å²) in [6, 6.07) is 20.3. The zero-order chi connectivity index (χ0) is 40.8. The van der Waals surface area contributed by atoms with Crippen molar-refractivity contribution in [3.63, 3.8) is 0 Å². The highest BCUT2D eigenvalue weighted by Crippen LogP contribution is 2.37. The van der Waals surface area contributed by atoms with Gasteiger partial charge in [0, 0.05) is 34.8 Å². The van der Waals surface area contributed by atoms with Crippen LogP contribution in [-0.4, -0.2) is 63.1 Å². The van der Waals surface area contributed by atoms with Crippen molar-refractivity contribution in [3.8, 4) is 11.5 Å². The Bertz CT molecular complexity index is 2870. The number of nitrogens with zero attached hydrogens (tertiary/aromatic N) is 5.